The number of rotatable bonds is 3. The molecule has 0 aromatic heterocycles. The van der Waals surface area contributed by atoms with Gasteiger partial charge in [0.1, 0.15) is 13.2 Å². The molecule has 1 amide bonds. The molecule has 5 nitrogen and oxygen atoms in total. The fraction of sp³-hybridized carbons (Fsp3) is 0.562. The number of hydrogen-bond acceptors (Lipinski definition) is 4. The Morgan fingerprint density at radius 1 is 1.14 bits per heavy atom. The smallest absolute Gasteiger partial charge is 0.222 e. The Labute approximate surface area is 125 Å². The standard InChI is InChI=1S/C16H22N2O3/c17-13(11-18-7-3-1-2-4-16(18)19)12-5-6-14-15(10-12)21-9-8-20-14/h5-6,10,13H,1-4,7-9,11,17H2. The summed E-state index contributed by atoms with van der Waals surface area (Å²) in [6, 6.07) is 5.60. The van der Waals surface area contributed by atoms with Crippen LogP contribution in [0.1, 0.15) is 37.3 Å². The summed E-state index contributed by atoms with van der Waals surface area (Å²) < 4.78 is 11.1. The number of ether oxygens (including phenoxy) is 2. The topological polar surface area (TPSA) is 64.8 Å². The number of benzene rings is 1. The highest BCUT2D eigenvalue weighted by atomic mass is 16.6. The van der Waals surface area contributed by atoms with E-state index in [-0.39, 0.29) is 11.9 Å². The number of nitrogens with two attached hydrogens (primary N) is 1. The predicted molar refractivity (Wildman–Crippen MR) is 79.4 cm³/mol. The summed E-state index contributed by atoms with van der Waals surface area (Å²) in [5, 5.41) is 0. The minimum absolute atomic E-state index is 0.192. The molecular weight excluding hydrogens is 268 g/mol. The SMILES string of the molecule is NC(CN1CCCCCC1=O)c1ccc2c(c1)OCCO2. The zero-order chi connectivity index (χ0) is 14.7. The lowest BCUT2D eigenvalue weighted by Gasteiger charge is -2.25. The van der Waals surface area contributed by atoms with Crippen molar-refractivity contribution < 1.29 is 14.3 Å². The van der Waals surface area contributed by atoms with Gasteiger partial charge in [-0.25, -0.2) is 0 Å². The van der Waals surface area contributed by atoms with E-state index in [1.54, 1.807) is 0 Å². The highest BCUT2D eigenvalue weighted by Crippen LogP contribution is 2.32. The van der Waals surface area contributed by atoms with Crippen molar-refractivity contribution in [2.45, 2.75) is 31.7 Å². The van der Waals surface area contributed by atoms with E-state index in [2.05, 4.69) is 0 Å². The van der Waals surface area contributed by atoms with Crippen molar-refractivity contribution in [2.75, 3.05) is 26.3 Å². The van der Waals surface area contributed by atoms with E-state index in [9.17, 15) is 4.79 Å². The van der Waals surface area contributed by atoms with Gasteiger partial charge in [0, 0.05) is 25.6 Å². The van der Waals surface area contributed by atoms with E-state index in [0.717, 1.165) is 42.9 Å². The van der Waals surface area contributed by atoms with Crippen LogP contribution in [0.5, 0.6) is 11.5 Å². The lowest BCUT2D eigenvalue weighted by molar-refractivity contribution is -0.130. The van der Waals surface area contributed by atoms with Crippen molar-refractivity contribution in [3.63, 3.8) is 0 Å². The molecule has 1 aromatic carbocycles. The second kappa shape index (κ2) is 6.35. The van der Waals surface area contributed by atoms with Gasteiger partial charge >= 0.3 is 0 Å². The minimum Gasteiger partial charge on any atom is -0.486 e. The van der Waals surface area contributed by atoms with Crippen LogP contribution in [0, 0.1) is 0 Å². The van der Waals surface area contributed by atoms with Crippen molar-refractivity contribution in [3.8, 4) is 11.5 Å². The number of nitrogens with zero attached hydrogens (tertiary/aromatic N) is 1. The molecule has 0 saturated carbocycles. The molecule has 1 unspecified atom stereocenters. The van der Waals surface area contributed by atoms with Crippen LogP contribution in [0.15, 0.2) is 18.2 Å². The van der Waals surface area contributed by atoms with E-state index in [1.165, 1.54) is 0 Å². The monoisotopic (exact) mass is 290 g/mol. The fourth-order valence-electron chi connectivity index (χ4n) is 2.87. The average Bonchev–Trinajstić information content (AvgIpc) is 2.72. The third-order valence-electron chi connectivity index (χ3n) is 4.08. The summed E-state index contributed by atoms with van der Waals surface area (Å²) in [5.41, 5.74) is 7.26. The Morgan fingerprint density at radius 3 is 2.81 bits per heavy atom. The number of carbonyl (C=O) groups excluding carboxylic acids is 1. The first-order valence-electron chi connectivity index (χ1n) is 7.67. The molecule has 5 heteroatoms. The zero-order valence-corrected chi connectivity index (χ0v) is 12.2. The van der Waals surface area contributed by atoms with Gasteiger partial charge in [0.05, 0.1) is 0 Å². The summed E-state index contributed by atoms with van der Waals surface area (Å²) in [4.78, 5) is 13.9. The minimum atomic E-state index is -0.192. The number of amides is 1. The maximum Gasteiger partial charge on any atom is 0.222 e. The van der Waals surface area contributed by atoms with Crippen LogP contribution in [-0.4, -0.2) is 37.1 Å². The Hall–Kier alpha value is -1.75. The largest absolute Gasteiger partial charge is 0.486 e. The van der Waals surface area contributed by atoms with E-state index < -0.39 is 0 Å². The van der Waals surface area contributed by atoms with Crippen LogP contribution in [0.3, 0.4) is 0 Å². The van der Waals surface area contributed by atoms with Crippen LogP contribution in [-0.2, 0) is 4.79 Å². The van der Waals surface area contributed by atoms with Gasteiger partial charge in [-0.05, 0) is 30.5 Å². The molecule has 1 aromatic rings. The van der Waals surface area contributed by atoms with Crippen LogP contribution in [0.4, 0.5) is 0 Å². The number of carbonyl (C=O) groups is 1. The predicted octanol–water partition coefficient (Wildman–Crippen LogP) is 1.86. The van der Waals surface area contributed by atoms with E-state index in [4.69, 9.17) is 15.2 Å². The van der Waals surface area contributed by atoms with Gasteiger partial charge in [0.15, 0.2) is 11.5 Å². The van der Waals surface area contributed by atoms with Crippen molar-refractivity contribution in [3.05, 3.63) is 23.8 Å². The van der Waals surface area contributed by atoms with Gasteiger partial charge in [0.2, 0.25) is 5.91 Å². The summed E-state index contributed by atoms with van der Waals surface area (Å²) >= 11 is 0. The first-order chi connectivity index (χ1) is 10.2. The Bertz CT molecular complexity index is 518. The molecule has 1 saturated heterocycles. The van der Waals surface area contributed by atoms with E-state index >= 15 is 0 Å². The first kappa shape index (κ1) is 14.2. The third kappa shape index (κ3) is 3.29. The molecule has 1 fully saturated rings. The van der Waals surface area contributed by atoms with E-state index in [1.807, 2.05) is 23.1 Å². The van der Waals surface area contributed by atoms with Crippen molar-refractivity contribution in [1.29, 1.82) is 0 Å². The molecule has 1 atom stereocenters. The normalized spacial score (nSPS) is 20.0. The number of likely N-dealkylation sites (tertiary alicyclic amines) is 1. The van der Waals surface area contributed by atoms with E-state index in [0.29, 0.717) is 26.2 Å². The Balaban J connectivity index is 1.69. The third-order valence-corrected chi connectivity index (χ3v) is 4.08. The van der Waals surface area contributed by atoms with Gasteiger partial charge in [-0.1, -0.05) is 12.5 Å². The van der Waals surface area contributed by atoms with Gasteiger partial charge < -0.3 is 20.1 Å². The maximum absolute atomic E-state index is 12.0. The molecule has 0 spiro atoms. The highest BCUT2D eigenvalue weighted by Gasteiger charge is 2.21. The lowest BCUT2D eigenvalue weighted by atomic mass is 10.1. The quantitative estimate of drug-likeness (QED) is 0.923. The summed E-state index contributed by atoms with van der Waals surface area (Å²) in [6.07, 6.45) is 3.84. The van der Waals surface area contributed by atoms with Crippen LogP contribution in [0.2, 0.25) is 0 Å². The second-order valence-electron chi connectivity index (χ2n) is 5.66. The van der Waals surface area contributed by atoms with Crippen molar-refractivity contribution in [2.24, 2.45) is 5.73 Å². The van der Waals surface area contributed by atoms with Crippen molar-refractivity contribution >= 4 is 5.91 Å². The van der Waals surface area contributed by atoms with Crippen LogP contribution < -0.4 is 15.2 Å². The zero-order valence-electron chi connectivity index (χ0n) is 12.2. The number of fused-ring (bicyclic) bond motifs is 1. The number of hydrogen-bond donors (Lipinski definition) is 1. The fourth-order valence-corrected chi connectivity index (χ4v) is 2.87. The maximum atomic E-state index is 12.0. The molecule has 2 aliphatic heterocycles. The highest BCUT2D eigenvalue weighted by molar-refractivity contribution is 5.76. The second-order valence-corrected chi connectivity index (χ2v) is 5.66. The molecule has 0 aliphatic carbocycles. The van der Waals surface area contributed by atoms with Crippen LogP contribution >= 0.6 is 0 Å². The lowest BCUT2D eigenvalue weighted by Crippen LogP contribution is -2.36. The average molecular weight is 290 g/mol. The van der Waals surface area contributed by atoms with Gasteiger partial charge in [-0.2, -0.15) is 0 Å². The first-order valence-corrected chi connectivity index (χ1v) is 7.67. The molecule has 2 aliphatic rings. The molecular formula is C16H22N2O3. The van der Waals surface area contributed by atoms with Crippen LogP contribution in [0.25, 0.3) is 0 Å². The summed E-state index contributed by atoms with van der Waals surface area (Å²) in [6.45, 7) is 2.53. The van der Waals surface area contributed by atoms with Gasteiger partial charge in [0.25, 0.3) is 0 Å². The summed E-state index contributed by atoms with van der Waals surface area (Å²) in [7, 11) is 0. The Kier molecular flexibility index (Phi) is 4.29. The summed E-state index contributed by atoms with van der Waals surface area (Å²) in [5.74, 6) is 1.74. The molecule has 2 heterocycles. The molecule has 0 bridgehead atoms. The molecule has 2 N–H and O–H groups in total. The van der Waals surface area contributed by atoms with Crippen molar-refractivity contribution in [1.82, 2.24) is 4.90 Å². The Morgan fingerprint density at radius 2 is 1.95 bits per heavy atom. The molecule has 0 radical (unpaired) electrons. The van der Waals surface area contributed by atoms with Gasteiger partial charge in [-0.3, -0.25) is 4.79 Å². The van der Waals surface area contributed by atoms with Gasteiger partial charge in [-0.15, -0.1) is 0 Å². The molecule has 114 valence electrons. The molecule has 3 rings (SSSR count). The molecule has 21 heavy (non-hydrogen) atoms.